The molecule has 0 atom stereocenters. The van der Waals surface area contributed by atoms with Crippen LogP contribution in [0.4, 0.5) is 5.82 Å². The molecule has 3 heterocycles. The molecular formula is C20H19N5O3. The number of ether oxygens (including phenoxy) is 1. The Morgan fingerprint density at radius 2 is 2.11 bits per heavy atom. The number of anilines is 1. The Morgan fingerprint density at radius 3 is 2.93 bits per heavy atom. The van der Waals surface area contributed by atoms with Crippen LogP contribution in [0.2, 0.25) is 0 Å². The largest absolute Gasteiger partial charge is 0.480 e. The summed E-state index contributed by atoms with van der Waals surface area (Å²) < 4.78 is 7.13. The number of nitrogens with zero attached hydrogens (tertiary/aromatic N) is 5. The maximum absolute atomic E-state index is 12.7. The number of amides is 2. The van der Waals surface area contributed by atoms with Crippen molar-refractivity contribution in [2.75, 3.05) is 25.1 Å². The lowest BCUT2D eigenvalue weighted by atomic mass is 10.2. The first kappa shape index (κ1) is 17.7. The van der Waals surface area contributed by atoms with Gasteiger partial charge in [-0.05, 0) is 35.9 Å². The molecule has 142 valence electrons. The first-order chi connectivity index (χ1) is 13.6. The van der Waals surface area contributed by atoms with E-state index in [9.17, 15) is 9.59 Å². The summed E-state index contributed by atoms with van der Waals surface area (Å²) in [6.45, 7) is 0.241. The van der Waals surface area contributed by atoms with Crippen molar-refractivity contribution >= 4 is 17.6 Å². The fourth-order valence-corrected chi connectivity index (χ4v) is 3.03. The van der Waals surface area contributed by atoms with E-state index >= 15 is 0 Å². The zero-order valence-corrected chi connectivity index (χ0v) is 15.4. The zero-order valence-electron chi connectivity index (χ0n) is 15.4. The third-order valence-corrected chi connectivity index (χ3v) is 4.48. The van der Waals surface area contributed by atoms with E-state index in [1.807, 2.05) is 36.5 Å². The summed E-state index contributed by atoms with van der Waals surface area (Å²) >= 11 is 0. The fraction of sp³-hybridized carbons (Fsp3) is 0.200. The quantitative estimate of drug-likeness (QED) is 0.675. The minimum absolute atomic E-state index is 0.0818. The molecule has 0 bridgehead atoms. The highest BCUT2D eigenvalue weighted by atomic mass is 16.5. The van der Waals surface area contributed by atoms with Crippen LogP contribution in [0.5, 0.6) is 5.75 Å². The van der Waals surface area contributed by atoms with E-state index in [0.717, 1.165) is 11.3 Å². The predicted octanol–water partition coefficient (Wildman–Crippen LogP) is 1.65. The van der Waals surface area contributed by atoms with Crippen molar-refractivity contribution in [2.24, 2.45) is 0 Å². The normalized spacial score (nSPS) is 13.0. The molecule has 4 rings (SSSR count). The number of fused-ring (bicyclic) bond motifs is 1. The second-order valence-electron chi connectivity index (χ2n) is 6.46. The van der Waals surface area contributed by atoms with Crippen molar-refractivity contribution < 1.29 is 14.3 Å². The first-order valence-electron chi connectivity index (χ1n) is 8.83. The summed E-state index contributed by atoms with van der Waals surface area (Å²) in [6.07, 6.45) is 5.15. The smallest absolute Gasteiger partial charge is 0.266 e. The van der Waals surface area contributed by atoms with E-state index in [1.54, 1.807) is 41.2 Å². The minimum atomic E-state index is -0.284. The lowest BCUT2D eigenvalue weighted by Gasteiger charge is -2.29. The topological polar surface area (TPSA) is 80.6 Å². The van der Waals surface area contributed by atoms with Gasteiger partial charge in [0.15, 0.2) is 18.2 Å². The molecule has 28 heavy (non-hydrogen) atoms. The Morgan fingerprint density at radius 1 is 1.21 bits per heavy atom. The third kappa shape index (κ3) is 3.57. The maximum Gasteiger partial charge on any atom is 0.266 e. The van der Waals surface area contributed by atoms with Crippen molar-refractivity contribution in [1.29, 1.82) is 0 Å². The van der Waals surface area contributed by atoms with Crippen molar-refractivity contribution in [3.63, 3.8) is 0 Å². The van der Waals surface area contributed by atoms with Crippen LogP contribution in [0.25, 0.3) is 5.69 Å². The molecule has 1 aliphatic heterocycles. The minimum Gasteiger partial charge on any atom is -0.480 e. The number of benzene rings is 1. The number of pyridine rings is 1. The van der Waals surface area contributed by atoms with Crippen molar-refractivity contribution in [2.45, 2.75) is 6.54 Å². The van der Waals surface area contributed by atoms with Gasteiger partial charge in [-0.1, -0.05) is 12.1 Å². The van der Waals surface area contributed by atoms with Crippen LogP contribution in [0.3, 0.4) is 0 Å². The Balaban J connectivity index is 1.46. The summed E-state index contributed by atoms with van der Waals surface area (Å²) in [4.78, 5) is 32.1. The standard InChI is InChI=1S/C20H19N5O3/c1-23(12-15-5-2-6-16(11-15)25-10-4-9-22-25)18(26)13-24-19(27)14-28-17-7-3-8-21-20(17)24/h2-11H,12-14H2,1H3. The second-order valence-corrected chi connectivity index (χ2v) is 6.46. The molecule has 1 aliphatic rings. The van der Waals surface area contributed by atoms with E-state index in [-0.39, 0.29) is 25.0 Å². The Labute approximate surface area is 162 Å². The molecule has 0 N–H and O–H groups in total. The monoisotopic (exact) mass is 377 g/mol. The van der Waals surface area contributed by atoms with Crippen molar-refractivity contribution in [3.8, 4) is 11.4 Å². The van der Waals surface area contributed by atoms with Gasteiger partial charge in [0.2, 0.25) is 5.91 Å². The lowest BCUT2D eigenvalue weighted by molar-refractivity contribution is -0.131. The summed E-state index contributed by atoms with van der Waals surface area (Å²) in [5.74, 6) is 0.413. The molecule has 0 spiro atoms. The maximum atomic E-state index is 12.7. The first-order valence-corrected chi connectivity index (χ1v) is 8.83. The molecule has 0 aliphatic carbocycles. The van der Waals surface area contributed by atoms with Crippen molar-refractivity contribution in [3.05, 3.63) is 66.6 Å². The van der Waals surface area contributed by atoms with Crippen LogP contribution in [-0.2, 0) is 16.1 Å². The van der Waals surface area contributed by atoms with Crippen LogP contribution < -0.4 is 9.64 Å². The van der Waals surface area contributed by atoms with Gasteiger partial charge in [-0.3, -0.25) is 14.5 Å². The molecule has 8 nitrogen and oxygen atoms in total. The molecular weight excluding hydrogens is 358 g/mol. The van der Waals surface area contributed by atoms with Gasteiger partial charge in [-0.15, -0.1) is 0 Å². The highest BCUT2D eigenvalue weighted by molar-refractivity contribution is 6.01. The van der Waals surface area contributed by atoms with Crippen LogP contribution in [-0.4, -0.2) is 51.7 Å². The van der Waals surface area contributed by atoms with Gasteiger partial charge < -0.3 is 9.64 Å². The summed E-state index contributed by atoms with van der Waals surface area (Å²) in [5.41, 5.74) is 1.89. The van der Waals surface area contributed by atoms with Gasteiger partial charge in [0.05, 0.1) is 5.69 Å². The van der Waals surface area contributed by atoms with E-state index in [0.29, 0.717) is 18.1 Å². The number of hydrogen-bond donors (Lipinski definition) is 0. The molecule has 0 fully saturated rings. The number of rotatable bonds is 5. The molecule has 1 aromatic carbocycles. The zero-order chi connectivity index (χ0) is 19.5. The van der Waals surface area contributed by atoms with Crippen LogP contribution in [0, 0.1) is 0 Å². The molecule has 0 unspecified atom stereocenters. The van der Waals surface area contributed by atoms with Gasteiger partial charge in [-0.25, -0.2) is 9.67 Å². The molecule has 2 aromatic heterocycles. The Hall–Kier alpha value is -3.68. The molecule has 0 saturated carbocycles. The van der Waals surface area contributed by atoms with E-state index in [2.05, 4.69) is 10.1 Å². The number of likely N-dealkylation sites (N-methyl/N-ethyl adjacent to an activating group) is 1. The average molecular weight is 377 g/mol. The summed E-state index contributed by atoms with van der Waals surface area (Å²) in [7, 11) is 1.72. The van der Waals surface area contributed by atoms with Gasteiger partial charge in [0.1, 0.15) is 6.54 Å². The molecule has 0 radical (unpaired) electrons. The Bertz CT molecular complexity index is 1000. The number of carbonyl (C=O) groups excluding carboxylic acids is 2. The van der Waals surface area contributed by atoms with Crippen LogP contribution >= 0.6 is 0 Å². The number of carbonyl (C=O) groups is 2. The Kier molecular flexibility index (Phi) is 4.76. The van der Waals surface area contributed by atoms with E-state index in [1.165, 1.54) is 4.90 Å². The van der Waals surface area contributed by atoms with Gasteiger partial charge in [0.25, 0.3) is 5.91 Å². The van der Waals surface area contributed by atoms with Gasteiger partial charge in [-0.2, -0.15) is 5.10 Å². The van der Waals surface area contributed by atoms with Gasteiger partial charge in [0, 0.05) is 32.2 Å². The molecule has 0 saturated heterocycles. The van der Waals surface area contributed by atoms with E-state index in [4.69, 9.17) is 4.74 Å². The van der Waals surface area contributed by atoms with Crippen LogP contribution in [0.1, 0.15) is 5.56 Å². The summed E-state index contributed by atoms with van der Waals surface area (Å²) in [5, 5.41) is 4.22. The number of aromatic nitrogens is 3. The van der Waals surface area contributed by atoms with Gasteiger partial charge >= 0.3 is 0 Å². The van der Waals surface area contributed by atoms with Crippen molar-refractivity contribution in [1.82, 2.24) is 19.7 Å². The van der Waals surface area contributed by atoms with Crippen LogP contribution in [0.15, 0.2) is 61.1 Å². The lowest BCUT2D eigenvalue weighted by Crippen LogP contribution is -2.45. The highest BCUT2D eigenvalue weighted by Crippen LogP contribution is 2.28. The molecule has 2 amide bonds. The highest BCUT2D eigenvalue weighted by Gasteiger charge is 2.29. The number of hydrogen-bond acceptors (Lipinski definition) is 5. The van der Waals surface area contributed by atoms with E-state index < -0.39 is 0 Å². The fourth-order valence-electron chi connectivity index (χ4n) is 3.03. The summed E-state index contributed by atoms with van der Waals surface area (Å²) in [6, 6.07) is 13.1. The second kappa shape index (κ2) is 7.51. The predicted molar refractivity (Wildman–Crippen MR) is 102 cm³/mol. The third-order valence-electron chi connectivity index (χ3n) is 4.48. The SMILES string of the molecule is CN(Cc1cccc(-n2cccn2)c1)C(=O)CN1C(=O)COc2cccnc21. The average Bonchev–Trinajstić information content (AvgIpc) is 3.25. The molecule has 3 aromatic rings. The molecule has 8 heteroatoms.